The fourth-order valence-electron chi connectivity index (χ4n) is 3.13. The fraction of sp³-hybridized carbons (Fsp3) is 0.765. The van der Waals surface area contributed by atoms with Gasteiger partial charge in [-0.1, -0.05) is 0 Å². The van der Waals surface area contributed by atoms with Gasteiger partial charge in [0.2, 0.25) is 0 Å². The normalized spacial score (nSPS) is 18.5. The molecule has 1 aliphatic rings. The molecular weight excluding hydrogens is 306 g/mol. The number of nitrogens with zero attached hydrogens (tertiary/aromatic N) is 4. The number of aromatic nitrogens is 2. The van der Waals surface area contributed by atoms with E-state index in [1.54, 1.807) is 7.11 Å². The molecule has 1 aromatic rings. The number of aryl methyl sites for hydroxylation is 2. The lowest BCUT2D eigenvalue weighted by molar-refractivity contribution is 0.0536. The van der Waals surface area contributed by atoms with Crippen LogP contribution in [0.2, 0.25) is 0 Å². The van der Waals surface area contributed by atoms with Crippen molar-refractivity contribution in [3.8, 4) is 0 Å². The quantitative estimate of drug-likeness (QED) is 0.458. The standard InChI is InChI=1S/C17H31N5O2/c1-13-16(14(2)21(4)20-13)10-19-17(18-3)22-7-6-15(11-22)12-24-9-8-23-5/h15H,6-12H2,1-5H3,(H,18,19). The van der Waals surface area contributed by atoms with Gasteiger partial charge >= 0.3 is 0 Å². The van der Waals surface area contributed by atoms with Crippen LogP contribution in [0.15, 0.2) is 4.99 Å². The molecule has 1 aromatic heterocycles. The second-order valence-electron chi connectivity index (χ2n) is 6.34. The van der Waals surface area contributed by atoms with Crippen LogP contribution in [0.5, 0.6) is 0 Å². The van der Waals surface area contributed by atoms with E-state index in [1.807, 2.05) is 18.8 Å². The fourth-order valence-corrected chi connectivity index (χ4v) is 3.13. The lowest BCUT2D eigenvalue weighted by Gasteiger charge is -2.22. The van der Waals surface area contributed by atoms with Gasteiger partial charge in [-0.05, 0) is 20.3 Å². The van der Waals surface area contributed by atoms with Crippen molar-refractivity contribution < 1.29 is 9.47 Å². The van der Waals surface area contributed by atoms with E-state index >= 15 is 0 Å². The number of rotatable bonds is 7. The van der Waals surface area contributed by atoms with Crippen LogP contribution in [-0.4, -0.2) is 67.7 Å². The van der Waals surface area contributed by atoms with Gasteiger partial charge in [-0.25, -0.2) is 0 Å². The van der Waals surface area contributed by atoms with E-state index in [0.29, 0.717) is 19.1 Å². The highest BCUT2D eigenvalue weighted by atomic mass is 16.5. The zero-order valence-electron chi connectivity index (χ0n) is 15.6. The molecule has 0 spiro atoms. The Labute approximate surface area is 145 Å². The van der Waals surface area contributed by atoms with E-state index in [1.165, 1.54) is 11.3 Å². The third-order valence-electron chi connectivity index (χ3n) is 4.66. The van der Waals surface area contributed by atoms with Crippen molar-refractivity contribution in [2.24, 2.45) is 18.0 Å². The van der Waals surface area contributed by atoms with Crippen molar-refractivity contribution in [2.75, 3.05) is 47.1 Å². The summed E-state index contributed by atoms with van der Waals surface area (Å²) in [7, 11) is 5.52. The molecule has 1 saturated heterocycles. The van der Waals surface area contributed by atoms with Crippen LogP contribution in [-0.2, 0) is 23.1 Å². The molecule has 7 heteroatoms. The van der Waals surface area contributed by atoms with Crippen molar-refractivity contribution in [3.63, 3.8) is 0 Å². The van der Waals surface area contributed by atoms with Crippen molar-refractivity contribution in [1.82, 2.24) is 20.0 Å². The van der Waals surface area contributed by atoms with Gasteiger partial charge in [0.15, 0.2) is 5.96 Å². The van der Waals surface area contributed by atoms with E-state index in [9.17, 15) is 0 Å². The Morgan fingerprint density at radius 1 is 1.38 bits per heavy atom. The molecule has 0 radical (unpaired) electrons. The molecule has 1 unspecified atom stereocenters. The van der Waals surface area contributed by atoms with Crippen LogP contribution in [0.3, 0.4) is 0 Å². The number of hydrogen-bond donors (Lipinski definition) is 1. The summed E-state index contributed by atoms with van der Waals surface area (Å²) in [5, 5.41) is 7.95. The van der Waals surface area contributed by atoms with E-state index in [0.717, 1.165) is 44.3 Å². The van der Waals surface area contributed by atoms with Crippen LogP contribution < -0.4 is 5.32 Å². The zero-order chi connectivity index (χ0) is 17.5. The minimum Gasteiger partial charge on any atom is -0.382 e. The van der Waals surface area contributed by atoms with E-state index in [2.05, 4.69) is 34.2 Å². The van der Waals surface area contributed by atoms with E-state index < -0.39 is 0 Å². The van der Waals surface area contributed by atoms with Crippen LogP contribution >= 0.6 is 0 Å². The van der Waals surface area contributed by atoms with Gasteiger partial charge in [-0.15, -0.1) is 0 Å². The van der Waals surface area contributed by atoms with Gasteiger partial charge < -0.3 is 19.7 Å². The first-order valence-corrected chi connectivity index (χ1v) is 8.58. The number of ether oxygens (including phenoxy) is 2. The molecule has 24 heavy (non-hydrogen) atoms. The van der Waals surface area contributed by atoms with Crippen molar-refractivity contribution in [3.05, 3.63) is 17.0 Å². The molecule has 0 bridgehead atoms. The maximum Gasteiger partial charge on any atom is 0.193 e. The topological polar surface area (TPSA) is 63.9 Å². The monoisotopic (exact) mass is 337 g/mol. The SMILES string of the molecule is CN=C(NCc1c(C)nn(C)c1C)N1CCC(COCCOC)C1. The number of nitrogens with one attached hydrogen (secondary N) is 1. The Hall–Kier alpha value is -1.60. The van der Waals surface area contributed by atoms with Gasteiger partial charge in [-0.3, -0.25) is 9.67 Å². The number of methoxy groups -OCH3 is 1. The highest BCUT2D eigenvalue weighted by Crippen LogP contribution is 2.17. The first-order chi connectivity index (χ1) is 11.6. The summed E-state index contributed by atoms with van der Waals surface area (Å²) in [5.41, 5.74) is 3.52. The second kappa shape index (κ2) is 9.03. The molecule has 0 aromatic carbocycles. The maximum atomic E-state index is 5.66. The summed E-state index contributed by atoms with van der Waals surface area (Å²) < 4.78 is 12.6. The zero-order valence-corrected chi connectivity index (χ0v) is 15.6. The molecular formula is C17H31N5O2. The summed E-state index contributed by atoms with van der Waals surface area (Å²) in [6.07, 6.45) is 1.14. The molecule has 2 heterocycles. The first-order valence-electron chi connectivity index (χ1n) is 8.58. The van der Waals surface area contributed by atoms with Gasteiger partial charge in [0.1, 0.15) is 0 Å². The molecule has 7 nitrogen and oxygen atoms in total. The first kappa shape index (κ1) is 18.7. The predicted molar refractivity (Wildman–Crippen MR) is 95.3 cm³/mol. The van der Waals surface area contributed by atoms with Crippen LogP contribution in [0.25, 0.3) is 0 Å². The summed E-state index contributed by atoms with van der Waals surface area (Å²) in [4.78, 5) is 6.75. The number of likely N-dealkylation sites (tertiary alicyclic amines) is 1. The van der Waals surface area contributed by atoms with Gasteiger partial charge in [-0.2, -0.15) is 5.10 Å². The van der Waals surface area contributed by atoms with Crippen molar-refractivity contribution in [1.29, 1.82) is 0 Å². The van der Waals surface area contributed by atoms with Crippen molar-refractivity contribution in [2.45, 2.75) is 26.8 Å². The average Bonchev–Trinajstić information content (AvgIpc) is 3.12. The van der Waals surface area contributed by atoms with Gasteiger partial charge in [0.25, 0.3) is 0 Å². The summed E-state index contributed by atoms with van der Waals surface area (Å²) in [5.74, 6) is 1.51. The molecule has 136 valence electrons. The molecule has 1 fully saturated rings. The van der Waals surface area contributed by atoms with Crippen molar-refractivity contribution >= 4 is 5.96 Å². The van der Waals surface area contributed by atoms with Gasteiger partial charge in [0.05, 0.1) is 25.5 Å². The third kappa shape index (κ3) is 4.70. The van der Waals surface area contributed by atoms with Gasteiger partial charge in [0, 0.05) is 58.0 Å². The summed E-state index contributed by atoms with van der Waals surface area (Å²) in [6, 6.07) is 0. The van der Waals surface area contributed by atoms with Crippen LogP contribution in [0.4, 0.5) is 0 Å². The molecule has 1 N–H and O–H groups in total. The highest BCUT2D eigenvalue weighted by molar-refractivity contribution is 5.80. The minimum atomic E-state index is 0.558. The average molecular weight is 337 g/mol. The second-order valence-corrected chi connectivity index (χ2v) is 6.34. The maximum absolute atomic E-state index is 5.66. The number of aliphatic imine (C=N–C) groups is 1. The third-order valence-corrected chi connectivity index (χ3v) is 4.66. The Bertz CT molecular complexity index is 555. The smallest absolute Gasteiger partial charge is 0.193 e. The Morgan fingerprint density at radius 2 is 2.17 bits per heavy atom. The predicted octanol–water partition coefficient (Wildman–Crippen LogP) is 1.10. The summed E-state index contributed by atoms with van der Waals surface area (Å²) >= 11 is 0. The summed E-state index contributed by atoms with van der Waals surface area (Å²) in [6.45, 7) is 9.02. The Balaban J connectivity index is 1.82. The molecule has 1 atom stereocenters. The van der Waals surface area contributed by atoms with Crippen LogP contribution in [0.1, 0.15) is 23.4 Å². The number of guanidine groups is 1. The molecule has 0 amide bonds. The lowest BCUT2D eigenvalue weighted by Crippen LogP contribution is -2.40. The minimum absolute atomic E-state index is 0.558. The molecule has 0 saturated carbocycles. The largest absolute Gasteiger partial charge is 0.382 e. The molecule has 2 rings (SSSR count). The lowest BCUT2D eigenvalue weighted by atomic mass is 10.1. The van der Waals surface area contributed by atoms with E-state index in [-0.39, 0.29) is 0 Å². The molecule has 1 aliphatic heterocycles. The highest BCUT2D eigenvalue weighted by Gasteiger charge is 2.25. The molecule has 0 aliphatic carbocycles. The van der Waals surface area contributed by atoms with Crippen LogP contribution in [0, 0.1) is 19.8 Å². The number of hydrogen-bond acceptors (Lipinski definition) is 4. The van der Waals surface area contributed by atoms with E-state index in [4.69, 9.17) is 9.47 Å². The Kier molecular flexibility index (Phi) is 7.05. The Morgan fingerprint density at radius 3 is 2.79 bits per heavy atom.